The van der Waals surface area contributed by atoms with Gasteiger partial charge in [0, 0.05) is 25.4 Å². The van der Waals surface area contributed by atoms with E-state index in [1.54, 1.807) is 19.2 Å². The SMILES string of the molecule is COc1c(C#N)cccc1NC1CC(NC(=O)C2CC2)NC2NN(C)C(=O)C12. The van der Waals surface area contributed by atoms with Gasteiger partial charge in [-0.1, -0.05) is 6.07 Å². The first-order valence-corrected chi connectivity index (χ1v) is 9.45. The van der Waals surface area contributed by atoms with Crippen molar-refractivity contribution in [1.82, 2.24) is 21.1 Å². The smallest absolute Gasteiger partial charge is 0.244 e. The molecule has 2 heterocycles. The Morgan fingerprint density at radius 1 is 1.39 bits per heavy atom. The highest BCUT2D eigenvalue weighted by atomic mass is 16.5. The molecule has 4 rings (SSSR count). The fraction of sp³-hybridized carbons (Fsp3) is 0.526. The molecule has 1 aromatic carbocycles. The number of methoxy groups -OCH3 is 1. The Morgan fingerprint density at radius 2 is 2.18 bits per heavy atom. The summed E-state index contributed by atoms with van der Waals surface area (Å²) in [6.07, 6.45) is 1.84. The molecule has 2 saturated heterocycles. The number of benzene rings is 1. The molecule has 3 aliphatic rings. The number of para-hydroxylation sites is 1. The van der Waals surface area contributed by atoms with Gasteiger partial charge >= 0.3 is 0 Å². The number of nitrogens with zero attached hydrogens (tertiary/aromatic N) is 2. The van der Waals surface area contributed by atoms with E-state index >= 15 is 0 Å². The standard InChI is InChI=1S/C19H24N6O3/c1-25-19(27)15-13(21-12-5-3-4-11(9-20)16(12)28-2)8-14(22-17(15)24-25)23-18(26)10-6-7-10/h3-5,10,13-15,17,21-22,24H,6-8H2,1-2H3,(H,23,26). The molecule has 0 spiro atoms. The van der Waals surface area contributed by atoms with Crippen molar-refractivity contribution in [2.45, 2.75) is 37.6 Å². The summed E-state index contributed by atoms with van der Waals surface area (Å²) >= 11 is 0. The first kappa shape index (κ1) is 18.5. The number of nitrogens with one attached hydrogen (secondary N) is 4. The highest BCUT2D eigenvalue weighted by Crippen LogP contribution is 2.34. The molecule has 2 amide bonds. The molecule has 3 fully saturated rings. The fourth-order valence-corrected chi connectivity index (χ4v) is 3.99. The molecule has 0 aromatic heterocycles. The molecule has 1 saturated carbocycles. The third kappa shape index (κ3) is 3.37. The van der Waals surface area contributed by atoms with Crippen LogP contribution in [-0.4, -0.2) is 49.4 Å². The number of hydrazine groups is 1. The van der Waals surface area contributed by atoms with E-state index in [1.807, 2.05) is 6.07 Å². The number of piperidine rings is 1. The zero-order valence-corrected chi connectivity index (χ0v) is 15.9. The molecule has 0 bridgehead atoms. The Bertz CT molecular complexity index is 833. The minimum Gasteiger partial charge on any atom is -0.493 e. The predicted molar refractivity (Wildman–Crippen MR) is 101 cm³/mol. The molecule has 1 aliphatic carbocycles. The first-order valence-electron chi connectivity index (χ1n) is 9.45. The van der Waals surface area contributed by atoms with Crippen molar-refractivity contribution in [3.8, 4) is 11.8 Å². The summed E-state index contributed by atoms with van der Waals surface area (Å²) in [4.78, 5) is 24.9. The molecular weight excluding hydrogens is 360 g/mol. The van der Waals surface area contributed by atoms with Crippen molar-refractivity contribution < 1.29 is 14.3 Å². The molecule has 9 nitrogen and oxygen atoms in total. The average Bonchev–Trinajstić information content (AvgIpc) is 3.48. The number of hydrogen-bond acceptors (Lipinski definition) is 7. The third-order valence-electron chi connectivity index (χ3n) is 5.56. The van der Waals surface area contributed by atoms with Gasteiger partial charge in [-0.15, -0.1) is 0 Å². The van der Waals surface area contributed by atoms with Gasteiger partial charge in [0.25, 0.3) is 0 Å². The number of carbonyl (C=O) groups excluding carboxylic acids is 2. The van der Waals surface area contributed by atoms with Crippen molar-refractivity contribution in [1.29, 1.82) is 5.26 Å². The summed E-state index contributed by atoms with van der Waals surface area (Å²) in [6, 6.07) is 7.15. The van der Waals surface area contributed by atoms with E-state index in [0.29, 0.717) is 23.4 Å². The van der Waals surface area contributed by atoms with Crippen LogP contribution in [0.3, 0.4) is 0 Å². The summed E-state index contributed by atoms with van der Waals surface area (Å²) in [5.41, 5.74) is 4.19. The average molecular weight is 384 g/mol. The van der Waals surface area contributed by atoms with Crippen LogP contribution in [0.1, 0.15) is 24.8 Å². The van der Waals surface area contributed by atoms with Gasteiger partial charge in [-0.05, 0) is 25.0 Å². The van der Waals surface area contributed by atoms with Gasteiger partial charge in [-0.2, -0.15) is 5.26 Å². The number of rotatable bonds is 5. The van der Waals surface area contributed by atoms with Crippen LogP contribution >= 0.6 is 0 Å². The quantitative estimate of drug-likeness (QED) is 0.569. The third-order valence-corrected chi connectivity index (χ3v) is 5.56. The van der Waals surface area contributed by atoms with E-state index in [9.17, 15) is 14.9 Å². The van der Waals surface area contributed by atoms with Crippen LogP contribution in [0.2, 0.25) is 0 Å². The largest absolute Gasteiger partial charge is 0.493 e. The lowest BCUT2D eigenvalue weighted by Gasteiger charge is -2.38. The second kappa shape index (κ2) is 7.30. The van der Waals surface area contributed by atoms with Gasteiger partial charge in [-0.3, -0.25) is 19.9 Å². The van der Waals surface area contributed by atoms with Gasteiger partial charge in [0.2, 0.25) is 11.8 Å². The van der Waals surface area contributed by atoms with Crippen LogP contribution in [0.4, 0.5) is 5.69 Å². The summed E-state index contributed by atoms with van der Waals surface area (Å²) in [6.45, 7) is 0. The van der Waals surface area contributed by atoms with E-state index < -0.39 is 0 Å². The minimum absolute atomic E-state index is 0.0302. The lowest BCUT2D eigenvalue weighted by atomic mass is 9.88. The summed E-state index contributed by atoms with van der Waals surface area (Å²) in [5, 5.41) is 20.6. The maximum Gasteiger partial charge on any atom is 0.244 e. The second-order valence-corrected chi connectivity index (χ2v) is 7.52. The van der Waals surface area contributed by atoms with Crippen LogP contribution in [0, 0.1) is 23.2 Å². The predicted octanol–water partition coefficient (Wildman–Crippen LogP) is 0.112. The molecule has 0 radical (unpaired) electrons. The molecular formula is C19H24N6O3. The Hall–Kier alpha value is -2.83. The van der Waals surface area contributed by atoms with Gasteiger partial charge in [-0.25, -0.2) is 5.43 Å². The zero-order chi connectivity index (χ0) is 19.8. The topological polar surface area (TPSA) is 119 Å². The summed E-state index contributed by atoms with van der Waals surface area (Å²) in [5.74, 6) is 0.230. The van der Waals surface area contributed by atoms with Crippen molar-refractivity contribution in [2.75, 3.05) is 19.5 Å². The van der Waals surface area contributed by atoms with E-state index in [0.717, 1.165) is 12.8 Å². The zero-order valence-electron chi connectivity index (χ0n) is 15.9. The number of amides is 2. The number of carbonyl (C=O) groups is 2. The Labute approximate surface area is 163 Å². The normalized spacial score (nSPS) is 29.0. The highest BCUT2D eigenvalue weighted by Gasteiger charge is 2.49. The van der Waals surface area contributed by atoms with E-state index in [1.165, 1.54) is 12.1 Å². The molecule has 4 atom stereocenters. The van der Waals surface area contributed by atoms with Gasteiger partial charge < -0.3 is 15.4 Å². The lowest BCUT2D eigenvalue weighted by Crippen LogP contribution is -2.63. The molecule has 9 heteroatoms. The second-order valence-electron chi connectivity index (χ2n) is 7.52. The molecule has 1 aromatic rings. The lowest BCUT2D eigenvalue weighted by molar-refractivity contribution is -0.131. The number of hydrogen-bond donors (Lipinski definition) is 4. The van der Waals surface area contributed by atoms with Crippen LogP contribution in [0.15, 0.2) is 18.2 Å². The van der Waals surface area contributed by atoms with Gasteiger partial charge in [0.05, 0.1) is 36.6 Å². The number of ether oxygens (including phenoxy) is 1. The highest BCUT2D eigenvalue weighted by molar-refractivity contribution is 5.83. The maximum absolute atomic E-state index is 12.7. The molecule has 2 aliphatic heterocycles. The molecule has 4 unspecified atom stereocenters. The Morgan fingerprint density at radius 3 is 2.86 bits per heavy atom. The Kier molecular flexibility index (Phi) is 4.83. The monoisotopic (exact) mass is 384 g/mol. The Balaban J connectivity index is 1.58. The number of anilines is 1. The van der Waals surface area contributed by atoms with Gasteiger partial charge in [0.15, 0.2) is 5.75 Å². The van der Waals surface area contributed by atoms with Crippen molar-refractivity contribution in [3.05, 3.63) is 23.8 Å². The molecule has 28 heavy (non-hydrogen) atoms. The summed E-state index contributed by atoms with van der Waals surface area (Å²) in [7, 11) is 3.20. The molecule has 4 N–H and O–H groups in total. The molecule has 148 valence electrons. The van der Waals surface area contributed by atoms with Crippen molar-refractivity contribution in [2.24, 2.45) is 11.8 Å². The van der Waals surface area contributed by atoms with Gasteiger partial charge in [0.1, 0.15) is 6.07 Å². The first-order chi connectivity index (χ1) is 13.5. The fourth-order valence-electron chi connectivity index (χ4n) is 3.99. The minimum atomic E-state index is -0.352. The van der Waals surface area contributed by atoms with Crippen molar-refractivity contribution >= 4 is 17.5 Å². The van der Waals surface area contributed by atoms with Crippen LogP contribution in [0.25, 0.3) is 0 Å². The van der Waals surface area contributed by atoms with Crippen LogP contribution in [0.5, 0.6) is 5.75 Å². The van der Waals surface area contributed by atoms with Crippen LogP contribution in [-0.2, 0) is 9.59 Å². The van der Waals surface area contributed by atoms with Crippen LogP contribution < -0.4 is 26.1 Å². The number of fused-ring (bicyclic) bond motifs is 1. The van der Waals surface area contributed by atoms with E-state index in [4.69, 9.17) is 4.74 Å². The van der Waals surface area contributed by atoms with E-state index in [2.05, 4.69) is 27.4 Å². The van der Waals surface area contributed by atoms with E-state index in [-0.39, 0.29) is 42.0 Å². The summed E-state index contributed by atoms with van der Waals surface area (Å²) < 4.78 is 5.42. The number of nitriles is 1. The maximum atomic E-state index is 12.7. The van der Waals surface area contributed by atoms with Crippen molar-refractivity contribution in [3.63, 3.8) is 0 Å².